The zero-order valence-corrected chi connectivity index (χ0v) is 12.7. The van der Waals surface area contributed by atoms with Gasteiger partial charge in [-0.3, -0.25) is 4.79 Å². The van der Waals surface area contributed by atoms with Crippen molar-refractivity contribution in [3.05, 3.63) is 65.5 Å². The summed E-state index contributed by atoms with van der Waals surface area (Å²) < 4.78 is 23.6. The molecule has 0 spiro atoms. The lowest BCUT2D eigenvalue weighted by Crippen LogP contribution is -2.24. The number of carbonyl (C=O) groups is 2. The smallest absolute Gasteiger partial charge is 0.342 e. The molecule has 0 saturated heterocycles. The van der Waals surface area contributed by atoms with Gasteiger partial charge in [0.2, 0.25) is 0 Å². The number of hydrogen-bond donors (Lipinski definition) is 1. The molecule has 2 aromatic carbocycles. The number of ether oxygens (including phenoxy) is 2. The van der Waals surface area contributed by atoms with E-state index in [0.29, 0.717) is 5.56 Å². The minimum Gasteiger partial charge on any atom is -0.465 e. The van der Waals surface area contributed by atoms with Gasteiger partial charge in [0.15, 0.2) is 6.10 Å². The van der Waals surface area contributed by atoms with E-state index in [0.717, 1.165) is 13.2 Å². The fraction of sp³-hybridized carbons (Fsp3) is 0.176. The predicted octanol–water partition coefficient (Wildman–Crippen LogP) is 2.94. The van der Waals surface area contributed by atoms with Crippen molar-refractivity contribution < 1.29 is 23.5 Å². The lowest BCUT2D eigenvalue weighted by Gasteiger charge is -2.17. The average Bonchev–Trinajstić information content (AvgIpc) is 2.56. The second-order valence-corrected chi connectivity index (χ2v) is 4.67. The third kappa shape index (κ3) is 3.73. The second-order valence-electron chi connectivity index (χ2n) is 4.67. The molecular weight excluding hydrogens is 301 g/mol. The Bertz CT molecular complexity index is 703. The maximum absolute atomic E-state index is 13.9. The van der Waals surface area contributed by atoms with Crippen molar-refractivity contribution in [2.75, 3.05) is 19.5 Å². The number of carbonyl (C=O) groups excluding carboxylic acids is 2. The first-order valence-electron chi connectivity index (χ1n) is 6.84. The van der Waals surface area contributed by atoms with Gasteiger partial charge in [-0.25, -0.2) is 9.18 Å². The van der Waals surface area contributed by atoms with Crippen LogP contribution in [0.15, 0.2) is 48.5 Å². The molecule has 1 N–H and O–H groups in total. The van der Waals surface area contributed by atoms with Crippen LogP contribution in [0.4, 0.5) is 10.1 Å². The number of anilines is 1. The van der Waals surface area contributed by atoms with E-state index in [2.05, 4.69) is 10.1 Å². The first-order valence-corrected chi connectivity index (χ1v) is 6.84. The molecular formula is C17H16FNO4. The molecule has 1 atom stereocenters. The fourth-order valence-electron chi connectivity index (χ4n) is 2.16. The van der Waals surface area contributed by atoms with Crippen LogP contribution in [-0.4, -0.2) is 26.1 Å². The molecule has 5 nitrogen and oxygen atoms in total. The van der Waals surface area contributed by atoms with Crippen LogP contribution in [0.2, 0.25) is 0 Å². The highest BCUT2D eigenvalue weighted by atomic mass is 19.1. The van der Waals surface area contributed by atoms with Crippen LogP contribution in [0.3, 0.4) is 0 Å². The summed E-state index contributed by atoms with van der Waals surface area (Å²) in [6, 6.07) is 12.8. The molecule has 0 bridgehead atoms. The van der Waals surface area contributed by atoms with Gasteiger partial charge in [-0.15, -0.1) is 0 Å². The van der Waals surface area contributed by atoms with Crippen LogP contribution in [0.25, 0.3) is 0 Å². The van der Waals surface area contributed by atoms with Gasteiger partial charge in [0.05, 0.1) is 12.8 Å². The van der Waals surface area contributed by atoms with E-state index in [1.807, 2.05) is 6.07 Å². The number of esters is 1. The Kier molecular flexibility index (Phi) is 5.43. The Morgan fingerprint density at radius 1 is 1.04 bits per heavy atom. The Labute approximate surface area is 133 Å². The normalized spacial score (nSPS) is 11.6. The molecule has 2 rings (SSSR count). The zero-order valence-electron chi connectivity index (χ0n) is 12.7. The van der Waals surface area contributed by atoms with Crippen LogP contribution < -0.4 is 5.32 Å². The van der Waals surface area contributed by atoms with Gasteiger partial charge in [-0.2, -0.15) is 0 Å². The van der Waals surface area contributed by atoms with Crippen LogP contribution in [0.1, 0.15) is 22.0 Å². The van der Waals surface area contributed by atoms with Crippen molar-refractivity contribution >= 4 is 17.6 Å². The quantitative estimate of drug-likeness (QED) is 0.861. The first-order chi connectivity index (χ1) is 11.1. The van der Waals surface area contributed by atoms with E-state index < -0.39 is 23.8 Å². The standard InChI is InChI=1S/C17H16FNO4/c1-22-15(11-7-4-3-5-8-11)16(20)19-13-10-6-9-12(18)14(13)17(21)23-2/h3-10,15H,1-2H3,(H,19,20). The molecule has 23 heavy (non-hydrogen) atoms. The molecule has 6 heteroatoms. The van der Waals surface area contributed by atoms with E-state index in [1.165, 1.54) is 19.2 Å². The summed E-state index contributed by atoms with van der Waals surface area (Å²) in [7, 11) is 2.53. The average molecular weight is 317 g/mol. The molecule has 120 valence electrons. The highest BCUT2D eigenvalue weighted by Gasteiger charge is 2.24. The number of amides is 1. The molecule has 1 unspecified atom stereocenters. The maximum atomic E-state index is 13.9. The van der Waals surface area contributed by atoms with E-state index >= 15 is 0 Å². The number of halogens is 1. The summed E-state index contributed by atoms with van der Waals surface area (Å²) in [5.74, 6) is -2.16. The molecule has 0 heterocycles. The van der Waals surface area contributed by atoms with Crippen molar-refractivity contribution in [1.29, 1.82) is 0 Å². The van der Waals surface area contributed by atoms with Crippen molar-refractivity contribution in [3.8, 4) is 0 Å². The zero-order chi connectivity index (χ0) is 16.8. The van der Waals surface area contributed by atoms with Gasteiger partial charge in [0.1, 0.15) is 11.4 Å². The predicted molar refractivity (Wildman–Crippen MR) is 82.6 cm³/mol. The molecule has 0 radical (unpaired) electrons. The van der Waals surface area contributed by atoms with Crippen molar-refractivity contribution in [2.24, 2.45) is 0 Å². The Morgan fingerprint density at radius 3 is 2.35 bits per heavy atom. The number of hydrogen-bond acceptors (Lipinski definition) is 4. The first kappa shape index (κ1) is 16.6. The maximum Gasteiger partial charge on any atom is 0.342 e. The highest BCUT2D eigenvalue weighted by molar-refractivity contribution is 6.02. The Balaban J connectivity index is 2.30. The highest BCUT2D eigenvalue weighted by Crippen LogP contribution is 2.23. The summed E-state index contributed by atoms with van der Waals surface area (Å²) in [5.41, 5.74) is 0.342. The molecule has 0 fully saturated rings. The monoisotopic (exact) mass is 317 g/mol. The third-order valence-corrected chi connectivity index (χ3v) is 3.24. The molecule has 2 aromatic rings. The Hall–Kier alpha value is -2.73. The lowest BCUT2D eigenvalue weighted by atomic mass is 10.1. The lowest BCUT2D eigenvalue weighted by molar-refractivity contribution is -0.126. The van der Waals surface area contributed by atoms with Crippen molar-refractivity contribution in [3.63, 3.8) is 0 Å². The minimum absolute atomic E-state index is 0.0276. The summed E-state index contributed by atoms with van der Waals surface area (Å²) in [4.78, 5) is 24.1. The molecule has 0 aliphatic heterocycles. The van der Waals surface area contributed by atoms with E-state index in [1.54, 1.807) is 24.3 Å². The summed E-state index contributed by atoms with van der Waals surface area (Å²) >= 11 is 0. The summed E-state index contributed by atoms with van der Waals surface area (Å²) in [6.45, 7) is 0. The second kappa shape index (κ2) is 7.51. The number of methoxy groups -OCH3 is 2. The number of rotatable bonds is 5. The van der Waals surface area contributed by atoms with Crippen molar-refractivity contribution in [1.82, 2.24) is 0 Å². The van der Waals surface area contributed by atoms with Gasteiger partial charge in [-0.1, -0.05) is 36.4 Å². The van der Waals surface area contributed by atoms with Crippen LogP contribution in [-0.2, 0) is 14.3 Å². The largest absolute Gasteiger partial charge is 0.465 e. The minimum atomic E-state index is -0.884. The van der Waals surface area contributed by atoms with Crippen molar-refractivity contribution in [2.45, 2.75) is 6.10 Å². The van der Waals surface area contributed by atoms with E-state index in [9.17, 15) is 14.0 Å². The van der Waals surface area contributed by atoms with E-state index in [-0.39, 0.29) is 11.3 Å². The third-order valence-electron chi connectivity index (χ3n) is 3.24. The van der Waals surface area contributed by atoms with Gasteiger partial charge < -0.3 is 14.8 Å². The summed E-state index contributed by atoms with van der Waals surface area (Å²) in [6.07, 6.45) is -0.884. The molecule has 0 aromatic heterocycles. The van der Waals surface area contributed by atoms with Gasteiger partial charge in [0.25, 0.3) is 5.91 Å². The van der Waals surface area contributed by atoms with Crippen LogP contribution in [0.5, 0.6) is 0 Å². The Morgan fingerprint density at radius 2 is 1.74 bits per heavy atom. The van der Waals surface area contributed by atoms with E-state index in [4.69, 9.17) is 4.74 Å². The fourth-order valence-corrected chi connectivity index (χ4v) is 2.16. The molecule has 0 aliphatic carbocycles. The van der Waals surface area contributed by atoms with Gasteiger partial charge in [0, 0.05) is 7.11 Å². The molecule has 1 amide bonds. The van der Waals surface area contributed by atoms with Gasteiger partial charge in [-0.05, 0) is 17.7 Å². The molecule has 0 aliphatic rings. The summed E-state index contributed by atoms with van der Waals surface area (Å²) in [5, 5.41) is 2.51. The number of nitrogens with one attached hydrogen (secondary N) is 1. The SMILES string of the molecule is COC(=O)c1c(F)cccc1NC(=O)C(OC)c1ccccc1. The topological polar surface area (TPSA) is 64.6 Å². The van der Waals surface area contributed by atoms with Gasteiger partial charge >= 0.3 is 5.97 Å². The van der Waals surface area contributed by atoms with Crippen LogP contribution in [0, 0.1) is 5.82 Å². The molecule has 0 saturated carbocycles. The number of benzene rings is 2. The van der Waals surface area contributed by atoms with Crippen LogP contribution >= 0.6 is 0 Å².